The lowest BCUT2D eigenvalue weighted by Gasteiger charge is -2.27. The van der Waals surface area contributed by atoms with Gasteiger partial charge in [-0.05, 0) is 98.8 Å². The molecule has 1 aliphatic rings. The van der Waals surface area contributed by atoms with Gasteiger partial charge in [-0.1, -0.05) is 63.2 Å². The average Bonchev–Trinajstić information content (AvgIpc) is 3.02. The van der Waals surface area contributed by atoms with Gasteiger partial charge < -0.3 is 25.7 Å². The molecule has 0 heterocycles. The van der Waals surface area contributed by atoms with Crippen molar-refractivity contribution in [2.24, 2.45) is 11.8 Å². The number of unbranched alkanes of at least 4 members (excludes halogenated alkanes) is 8. The highest BCUT2D eigenvalue weighted by atomic mass is 16.5. The van der Waals surface area contributed by atoms with Gasteiger partial charge in [0, 0.05) is 17.5 Å². The van der Waals surface area contributed by atoms with Crippen LogP contribution in [0.4, 0.5) is 11.4 Å². The van der Waals surface area contributed by atoms with Crippen LogP contribution in [-0.2, 0) is 14.3 Å². The molecule has 3 rings (SSSR count). The molecule has 0 radical (unpaired) electrons. The van der Waals surface area contributed by atoms with E-state index in [0.717, 1.165) is 68.8 Å². The number of carbonyl (C=O) groups excluding carboxylic acids is 2. The zero-order valence-corrected chi connectivity index (χ0v) is 26.4. The Hall–Kier alpha value is -3.74. The second kappa shape index (κ2) is 20.3. The second-order valence-corrected chi connectivity index (χ2v) is 12.0. The summed E-state index contributed by atoms with van der Waals surface area (Å²) in [4.78, 5) is 24.1. The van der Waals surface area contributed by atoms with Crippen LogP contribution >= 0.6 is 0 Å². The SMILES string of the molecule is C=CCC1CCC(COc2ccc(/C=C/C(=O)OCCCCCCCCCCCOC(=O)c3cc(N)cc(N)c3)cc2)CC1. The van der Waals surface area contributed by atoms with E-state index in [0.29, 0.717) is 36.1 Å². The first kappa shape index (κ1) is 34.7. The number of esters is 2. The van der Waals surface area contributed by atoms with Gasteiger partial charge in [0.2, 0.25) is 0 Å². The molecule has 0 atom stereocenters. The summed E-state index contributed by atoms with van der Waals surface area (Å²) in [5, 5.41) is 0. The highest BCUT2D eigenvalue weighted by Crippen LogP contribution is 2.31. The van der Waals surface area contributed by atoms with Gasteiger partial charge in [0.05, 0.1) is 25.4 Å². The molecule has 0 bridgehead atoms. The Balaban J connectivity index is 1.12. The highest BCUT2D eigenvalue weighted by molar-refractivity contribution is 5.91. The summed E-state index contributed by atoms with van der Waals surface area (Å²) < 4.78 is 16.7. The zero-order chi connectivity index (χ0) is 31.4. The van der Waals surface area contributed by atoms with Gasteiger partial charge in [0.15, 0.2) is 0 Å². The molecule has 0 amide bonds. The average molecular weight is 605 g/mol. The molecular formula is C37H52N2O5. The topological polar surface area (TPSA) is 114 Å². The van der Waals surface area contributed by atoms with Crippen molar-refractivity contribution in [1.82, 2.24) is 0 Å². The molecule has 4 N–H and O–H groups in total. The van der Waals surface area contributed by atoms with E-state index in [9.17, 15) is 9.59 Å². The lowest BCUT2D eigenvalue weighted by Crippen LogP contribution is -2.19. The Labute approximate surface area is 264 Å². The van der Waals surface area contributed by atoms with Crippen LogP contribution in [0.15, 0.2) is 61.2 Å². The monoisotopic (exact) mass is 604 g/mol. The number of benzene rings is 2. The summed E-state index contributed by atoms with van der Waals surface area (Å²) in [6.07, 6.45) is 21.1. The quantitative estimate of drug-likeness (QED) is 0.0512. The summed E-state index contributed by atoms with van der Waals surface area (Å²) in [7, 11) is 0. The third-order valence-electron chi connectivity index (χ3n) is 8.22. The van der Waals surface area contributed by atoms with E-state index in [1.807, 2.05) is 30.3 Å². The predicted octanol–water partition coefficient (Wildman–Crippen LogP) is 8.54. The molecule has 7 nitrogen and oxygen atoms in total. The van der Waals surface area contributed by atoms with E-state index in [1.165, 1.54) is 51.0 Å². The van der Waals surface area contributed by atoms with Crippen molar-refractivity contribution in [2.45, 2.75) is 89.9 Å². The molecular weight excluding hydrogens is 552 g/mol. The molecule has 2 aromatic carbocycles. The third-order valence-corrected chi connectivity index (χ3v) is 8.22. The van der Waals surface area contributed by atoms with Crippen LogP contribution in [0.2, 0.25) is 0 Å². The molecule has 1 aliphatic carbocycles. The maximum atomic E-state index is 12.1. The minimum absolute atomic E-state index is 0.305. The number of rotatable bonds is 20. The van der Waals surface area contributed by atoms with Crippen LogP contribution in [-0.4, -0.2) is 31.8 Å². The highest BCUT2D eigenvalue weighted by Gasteiger charge is 2.20. The van der Waals surface area contributed by atoms with Crippen molar-refractivity contribution >= 4 is 29.4 Å². The van der Waals surface area contributed by atoms with Gasteiger partial charge in [-0.2, -0.15) is 0 Å². The van der Waals surface area contributed by atoms with Crippen molar-refractivity contribution in [3.63, 3.8) is 0 Å². The molecule has 0 spiro atoms. The lowest BCUT2D eigenvalue weighted by atomic mass is 9.81. The van der Waals surface area contributed by atoms with Crippen LogP contribution in [0.1, 0.15) is 106 Å². The molecule has 0 saturated heterocycles. The fraction of sp³-hybridized carbons (Fsp3) is 0.514. The number of nitrogens with two attached hydrogens (primary N) is 2. The van der Waals surface area contributed by atoms with Gasteiger partial charge in [-0.25, -0.2) is 9.59 Å². The first-order chi connectivity index (χ1) is 21.4. The maximum absolute atomic E-state index is 12.1. The fourth-order valence-electron chi connectivity index (χ4n) is 5.63. The van der Waals surface area contributed by atoms with E-state index in [-0.39, 0.29) is 11.9 Å². The van der Waals surface area contributed by atoms with E-state index in [1.54, 1.807) is 24.3 Å². The Bertz CT molecular complexity index is 1150. The van der Waals surface area contributed by atoms with E-state index < -0.39 is 0 Å². The van der Waals surface area contributed by atoms with Crippen LogP contribution in [0.5, 0.6) is 5.75 Å². The third kappa shape index (κ3) is 14.2. The minimum atomic E-state index is -0.385. The molecule has 0 aliphatic heterocycles. The van der Waals surface area contributed by atoms with Gasteiger partial charge in [-0.15, -0.1) is 6.58 Å². The minimum Gasteiger partial charge on any atom is -0.493 e. The van der Waals surface area contributed by atoms with Crippen molar-refractivity contribution in [2.75, 3.05) is 31.3 Å². The first-order valence-electron chi connectivity index (χ1n) is 16.4. The largest absolute Gasteiger partial charge is 0.493 e. The number of ether oxygens (including phenoxy) is 3. The first-order valence-corrected chi connectivity index (χ1v) is 16.4. The zero-order valence-electron chi connectivity index (χ0n) is 26.4. The molecule has 1 fully saturated rings. The molecule has 1 saturated carbocycles. The van der Waals surface area contributed by atoms with Gasteiger partial charge in [0.25, 0.3) is 0 Å². The molecule has 7 heteroatoms. The number of anilines is 2. The fourth-order valence-corrected chi connectivity index (χ4v) is 5.63. The smallest absolute Gasteiger partial charge is 0.338 e. The van der Waals surface area contributed by atoms with Gasteiger partial charge >= 0.3 is 11.9 Å². The molecule has 44 heavy (non-hydrogen) atoms. The maximum Gasteiger partial charge on any atom is 0.338 e. The predicted molar refractivity (Wildman–Crippen MR) is 179 cm³/mol. The normalized spacial score (nSPS) is 16.5. The number of hydrogen-bond donors (Lipinski definition) is 2. The number of nitrogen functional groups attached to an aromatic ring is 2. The molecule has 0 unspecified atom stereocenters. The number of carbonyl (C=O) groups is 2. The number of hydrogen-bond acceptors (Lipinski definition) is 7. The Morgan fingerprint density at radius 2 is 1.30 bits per heavy atom. The number of allylic oxidation sites excluding steroid dienone is 1. The molecule has 240 valence electrons. The van der Waals surface area contributed by atoms with E-state index in [4.69, 9.17) is 25.7 Å². The van der Waals surface area contributed by atoms with Gasteiger partial charge in [0.1, 0.15) is 5.75 Å². The van der Waals surface area contributed by atoms with Crippen molar-refractivity contribution < 1.29 is 23.8 Å². The second-order valence-electron chi connectivity index (χ2n) is 12.0. The van der Waals surface area contributed by atoms with Crippen LogP contribution in [0.25, 0.3) is 6.08 Å². The molecule has 0 aromatic heterocycles. The Morgan fingerprint density at radius 3 is 1.89 bits per heavy atom. The van der Waals surface area contributed by atoms with E-state index in [2.05, 4.69) is 6.58 Å². The Kier molecular flexibility index (Phi) is 16.0. The summed E-state index contributed by atoms with van der Waals surface area (Å²) in [6.45, 7) is 5.49. The summed E-state index contributed by atoms with van der Waals surface area (Å²) in [5.74, 6) is 1.62. The van der Waals surface area contributed by atoms with Crippen LogP contribution in [0.3, 0.4) is 0 Å². The van der Waals surface area contributed by atoms with Crippen molar-refractivity contribution in [3.05, 3.63) is 72.3 Å². The van der Waals surface area contributed by atoms with Crippen molar-refractivity contribution in [3.8, 4) is 5.75 Å². The summed E-state index contributed by atoms with van der Waals surface area (Å²) >= 11 is 0. The van der Waals surface area contributed by atoms with Crippen LogP contribution < -0.4 is 16.2 Å². The van der Waals surface area contributed by atoms with Crippen LogP contribution in [0, 0.1) is 11.8 Å². The molecule has 2 aromatic rings. The standard InChI is InChI=1S/C37H52N2O5/c1-2-12-29-13-15-31(16-14-29)28-44-35-20-17-30(18-21-35)19-22-36(40)42-23-10-8-6-4-3-5-7-9-11-24-43-37(41)32-25-33(38)27-34(39)26-32/h2,17-22,25-27,29,31H,1,3-16,23-24,28,38-39H2/b22-19+. The Morgan fingerprint density at radius 1 is 0.750 bits per heavy atom. The van der Waals surface area contributed by atoms with Gasteiger partial charge in [-0.3, -0.25) is 0 Å². The van der Waals surface area contributed by atoms with Crippen molar-refractivity contribution in [1.29, 1.82) is 0 Å². The lowest BCUT2D eigenvalue weighted by molar-refractivity contribution is -0.137. The summed E-state index contributed by atoms with van der Waals surface area (Å²) in [5.41, 5.74) is 13.7. The summed E-state index contributed by atoms with van der Waals surface area (Å²) in [6, 6.07) is 12.6. The van der Waals surface area contributed by atoms with E-state index >= 15 is 0 Å².